The Hall–Kier alpha value is -2.08. The van der Waals surface area contributed by atoms with E-state index in [0.29, 0.717) is 17.5 Å². The third-order valence-electron chi connectivity index (χ3n) is 5.54. The Morgan fingerprint density at radius 1 is 1.03 bits per heavy atom. The second-order valence-electron chi connectivity index (χ2n) is 9.14. The van der Waals surface area contributed by atoms with Crippen LogP contribution < -0.4 is 16.4 Å². The van der Waals surface area contributed by atoms with E-state index in [0.717, 1.165) is 12.0 Å². The van der Waals surface area contributed by atoms with Crippen molar-refractivity contribution in [2.24, 2.45) is 11.7 Å². The quantitative estimate of drug-likeness (QED) is 0.339. The SMILES string of the molecule is CSCC[C@@H](N)NC(=O)[C@H](CC(C)C)N[C@@H](c1ccc(-c2ccc(S(C)(=O)=O)cc2)cc1)C(F)(F)F. The monoisotopic (exact) mass is 545 g/mol. The summed E-state index contributed by atoms with van der Waals surface area (Å²) in [5.74, 6) is 0.133. The van der Waals surface area contributed by atoms with E-state index in [1.54, 1.807) is 36.0 Å². The van der Waals surface area contributed by atoms with Gasteiger partial charge in [0, 0.05) is 6.26 Å². The second kappa shape index (κ2) is 12.9. The third-order valence-corrected chi connectivity index (χ3v) is 7.31. The largest absolute Gasteiger partial charge is 0.407 e. The van der Waals surface area contributed by atoms with Crippen LogP contribution in [0.4, 0.5) is 13.2 Å². The Balaban J connectivity index is 2.27. The highest BCUT2D eigenvalue weighted by Gasteiger charge is 2.43. The smallest absolute Gasteiger partial charge is 0.340 e. The molecule has 0 spiro atoms. The molecule has 2 aromatic carbocycles. The van der Waals surface area contributed by atoms with Crippen molar-refractivity contribution in [1.82, 2.24) is 10.6 Å². The number of benzene rings is 2. The highest BCUT2D eigenvalue weighted by molar-refractivity contribution is 7.98. The standard InChI is InChI=1S/C25H34F3N3O3S2/c1-16(2)15-21(24(32)31-22(29)13-14-35-3)30-23(25(26,27)28)19-7-5-17(6-8-19)18-9-11-20(12-10-18)36(4,33)34/h5-12,16,21-23,30H,13-15,29H2,1-4H3,(H,31,32)/t21-,22-,23-/m0/s1. The van der Waals surface area contributed by atoms with Crippen molar-refractivity contribution in [3.05, 3.63) is 54.1 Å². The summed E-state index contributed by atoms with van der Waals surface area (Å²) < 4.78 is 65.6. The van der Waals surface area contributed by atoms with Crippen LogP contribution in [0.1, 0.15) is 38.3 Å². The normalized spacial score (nSPS) is 14.9. The first-order valence-electron chi connectivity index (χ1n) is 11.5. The lowest BCUT2D eigenvalue weighted by molar-refractivity contribution is -0.161. The van der Waals surface area contributed by atoms with Crippen LogP contribution in [-0.2, 0) is 14.6 Å². The number of nitrogens with two attached hydrogens (primary N) is 1. The van der Waals surface area contributed by atoms with E-state index >= 15 is 0 Å². The molecule has 0 bridgehead atoms. The van der Waals surface area contributed by atoms with Gasteiger partial charge in [-0.05, 0) is 59.6 Å². The number of carbonyl (C=O) groups is 1. The van der Waals surface area contributed by atoms with Crippen LogP contribution in [0, 0.1) is 5.92 Å². The molecule has 0 heterocycles. The minimum absolute atomic E-state index is 0.0261. The molecule has 1 amide bonds. The lowest BCUT2D eigenvalue weighted by Crippen LogP contribution is -2.53. The van der Waals surface area contributed by atoms with Gasteiger partial charge in [-0.3, -0.25) is 10.1 Å². The zero-order chi connectivity index (χ0) is 27.1. The number of hydrogen-bond donors (Lipinski definition) is 3. The van der Waals surface area contributed by atoms with Crippen molar-refractivity contribution in [2.75, 3.05) is 18.3 Å². The van der Waals surface area contributed by atoms with Gasteiger partial charge < -0.3 is 11.1 Å². The summed E-state index contributed by atoms with van der Waals surface area (Å²) in [6, 6.07) is 8.79. The van der Waals surface area contributed by atoms with E-state index in [9.17, 15) is 26.4 Å². The summed E-state index contributed by atoms with van der Waals surface area (Å²) in [5, 5.41) is 5.15. The predicted molar refractivity (Wildman–Crippen MR) is 139 cm³/mol. The Labute approximate surface area is 215 Å². The third kappa shape index (κ3) is 9.10. The van der Waals surface area contributed by atoms with E-state index in [-0.39, 0.29) is 22.8 Å². The van der Waals surface area contributed by atoms with Crippen molar-refractivity contribution in [3.63, 3.8) is 0 Å². The maximum atomic E-state index is 14.1. The molecule has 2 aromatic rings. The number of alkyl halides is 3. The van der Waals surface area contributed by atoms with Crippen molar-refractivity contribution >= 4 is 27.5 Å². The first-order chi connectivity index (χ1) is 16.7. The van der Waals surface area contributed by atoms with Gasteiger partial charge in [0.25, 0.3) is 0 Å². The summed E-state index contributed by atoms with van der Waals surface area (Å²) in [7, 11) is -3.35. The molecule has 0 saturated carbocycles. The van der Waals surface area contributed by atoms with Crippen LogP contribution in [0.25, 0.3) is 11.1 Å². The molecule has 2 rings (SSSR count). The van der Waals surface area contributed by atoms with Gasteiger partial charge in [0.2, 0.25) is 5.91 Å². The zero-order valence-corrected chi connectivity index (χ0v) is 22.4. The summed E-state index contributed by atoms with van der Waals surface area (Å²) in [6.07, 6.45) is -1.56. The van der Waals surface area contributed by atoms with Gasteiger partial charge in [-0.25, -0.2) is 8.42 Å². The highest BCUT2D eigenvalue weighted by atomic mass is 32.2. The average Bonchev–Trinajstić information content (AvgIpc) is 2.79. The number of nitrogens with one attached hydrogen (secondary N) is 2. The number of rotatable bonds is 12. The van der Waals surface area contributed by atoms with E-state index in [1.807, 2.05) is 20.1 Å². The molecule has 0 saturated heterocycles. The van der Waals surface area contributed by atoms with Crippen LogP contribution in [0.2, 0.25) is 0 Å². The van der Waals surface area contributed by atoms with Crippen molar-refractivity contribution < 1.29 is 26.4 Å². The molecular formula is C25H34F3N3O3S2. The van der Waals surface area contributed by atoms with Crippen molar-refractivity contribution in [2.45, 2.75) is 56.0 Å². The number of carbonyl (C=O) groups excluding carboxylic acids is 1. The van der Waals surface area contributed by atoms with Gasteiger partial charge in [-0.1, -0.05) is 50.2 Å². The summed E-state index contributed by atoms with van der Waals surface area (Å²) in [5.41, 5.74) is 7.20. The number of hydrogen-bond acceptors (Lipinski definition) is 6. The van der Waals surface area contributed by atoms with Crippen LogP contribution in [-0.4, -0.2) is 51.0 Å². The number of sulfone groups is 1. The maximum Gasteiger partial charge on any atom is 0.407 e. The Kier molecular flexibility index (Phi) is 10.8. The molecule has 200 valence electrons. The molecule has 0 unspecified atom stereocenters. The van der Waals surface area contributed by atoms with Gasteiger partial charge in [0.1, 0.15) is 6.04 Å². The van der Waals surface area contributed by atoms with E-state index in [2.05, 4.69) is 10.6 Å². The Morgan fingerprint density at radius 2 is 1.56 bits per heavy atom. The minimum atomic E-state index is -4.64. The van der Waals surface area contributed by atoms with Crippen LogP contribution in [0.15, 0.2) is 53.4 Å². The fraction of sp³-hybridized carbons (Fsp3) is 0.480. The lowest BCUT2D eigenvalue weighted by atomic mass is 9.97. The summed E-state index contributed by atoms with van der Waals surface area (Å²) >= 11 is 1.57. The van der Waals surface area contributed by atoms with Gasteiger partial charge >= 0.3 is 6.18 Å². The molecule has 0 aliphatic carbocycles. The molecule has 11 heteroatoms. The van der Waals surface area contributed by atoms with Crippen LogP contribution >= 0.6 is 11.8 Å². The Morgan fingerprint density at radius 3 is 2.00 bits per heavy atom. The van der Waals surface area contributed by atoms with E-state index in [1.165, 1.54) is 24.3 Å². The highest BCUT2D eigenvalue weighted by Crippen LogP contribution is 2.34. The summed E-state index contributed by atoms with van der Waals surface area (Å²) in [6.45, 7) is 3.67. The second-order valence-corrected chi connectivity index (χ2v) is 12.1. The molecule has 6 nitrogen and oxygen atoms in total. The summed E-state index contributed by atoms with van der Waals surface area (Å²) in [4.78, 5) is 13.0. The Bertz CT molecular complexity index is 1090. The van der Waals surface area contributed by atoms with Crippen molar-refractivity contribution in [3.8, 4) is 11.1 Å². The number of amides is 1. The molecular weight excluding hydrogens is 511 g/mol. The average molecular weight is 546 g/mol. The lowest BCUT2D eigenvalue weighted by Gasteiger charge is -2.29. The van der Waals surface area contributed by atoms with Gasteiger partial charge in [-0.2, -0.15) is 24.9 Å². The molecule has 0 aliphatic rings. The molecule has 3 atom stereocenters. The fourth-order valence-corrected chi connectivity index (χ4v) is 4.79. The van der Waals surface area contributed by atoms with Gasteiger partial charge in [-0.15, -0.1) is 0 Å². The molecule has 0 aromatic heterocycles. The van der Waals surface area contributed by atoms with Gasteiger partial charge in [0.05, 0.1) is 17.1 Å². The first kappa shape index (κ1) is 30.1. The minimum Gasteiger partial charge on any atom is -0.340 e. The predicted octanol–water partition coefficient (Wildman–Crippen LogP) is 4.52. The van der Waals surface area contributed by atoms with E-state index in [4.69, 9.17) is 5.73 Å². The topological polar surface area (TPSA) is 101 Å². The molecule has 4 N–H and O–H groups in total. The number of thioether (sulfide) groups is 1. The van der Waals surface area contributed by atoms with Crippen LogP contribution in [0.5, 0.6) is 0 Å². The first-order valence-corrected chi connectivity index (χ1v) is 14.8. The van der Waals surface area contributed by atoms with Crippen molar-refractivity contribution in [1.29, 1.82) is 0 Å². The molecule has 0 radical (unpaired) electrons. The maximum absolute atomic E-state index is 14.1. The van der Waals surface area contributed by atoms with Crippen LogP contribution in [0.3, 0.4) is 0 Å². The van der Waals surface area contributed by atoms with Gasteiger partial charge in [0.15, 0.2) is 9.84 Å². The molecule has 36 heavy (non-hydrogen) atoms. The fourth-order valence-electron chi connectivity index (χ4n) is 3.67. The zero-order valence-electron chi connectivity index (χ0n) is 20.8. The van der Waals surface area contributed by atoms with E-state index < -0.39 is 40.2 Å². The molecule has 0 aliphatic heterocycles. The number of halogens is 3. The molecule has 0 fully saturated rings.